The number of nitrogens with zero attached hydrogens (tertiary/aromatic N) is 2. The van der Waals surface area contributed by atoms with Crippen molar-refractivity contribution in [2.24, 2.45) is 0 Å². The first-order chi connectivity index (χ1) is 14.2. The zero-order valence-electron chi connectivity index (χ0n) is 19.4. The van der Waals surface area contributed by atoms with Crippen LogP contribution in [0.15, 0.2) is 54.6 Å². The smallest absolute Gasteiger partial charge is 0.233 e. The molecule has 0 saturated heterocycles. The summed E-state index contributed by atoms with van der Waals surface area (Å²) in [6.07, 6.45) is 2.10. The number of hydrogen-bond acceptors (Lipinski definition) is 3. The number of phenolic OH excluding ortho intramolecular Hbond substituents is 1. The summed E-state index contributed by atoms with van der Waals surface area (Å²) in [5.74, 6) is 0.327. The number of benzene rings is 2. The lowest BCUT2D eigenvalue weighted by Gasteiger charge is -2.37. The first kappa shape index (κ1) is 23.9. The fourth-order valence-corrected chi connectivity index (χ4v) is 4.49. The van der Waals surface area contributed by atoms with Gasteiger partial charge < -0.3 is 10.0 Å². The van der Waals surface area contributed by atoms with Crippen LogP contribution in [-0.4, -0.2) is 53.5 Å². The fourth-order valence-electron chi connectivity index (χ4n) is 4.49. The van der Waals surface area contributed by atoms with Crippen molar-refractivity contribution >= 4 is 5.91 Å². The van der Waals surface area contributed by atoms with E-state index in [0.717, 1.165) is 30.5 Å². The van der Waals surface area contributed by atoms with Crippen molar-refractivity contribution in [3.05, 3.63) is 65.7 Å². The Morgan fingerprint density at radius 1 is 0.933 bits per heavy atom. The predicted octanol–water partition coefficient (Wildman–Crippen LogP) is 4.86. The Balaban J connectivity index is 2.46. The highest BCUT2D eigenvalue weighted by Gasteiger charge is 2.41. The lowest BCUT2D eigenvalue weighted by molar-refractivity contribution is -0.135. The van der Waals surface area contributed by atoms with Crippen LogP contribution in [0.1, 0.15) is 51.7 Å². The zero-order chi connectivity index (χ0) is 22.3. The number of phenols is 1. The number of carbonyl (C=O) groups is 1. The van der Waals surface area contributed by atoms with Gasteiger partial charge in [0.05, 0.1) is 5.41 Å². The summed E-state index contributed by atoms with van der Waals surface area (Å²) in [5, 5.41) is 10.5. The highest BCUT2D eigenvalue weighted by Crippen LogP contribution is 2.37. The lowest BCUT2D eigenvalue weighted by Crippen LogP contribution is -2.46. The van der Waals surface area contributed by atoms with E-state index in [9.17, 15) is 9.90 Å². The molecule has 4 heteroatoms. The average molecular weight is 411 g/mol. The molecule has 0 bridgehead atoms. The first-order valence-electron chi connectivity index (χ1n) is 11.0. The number of rotatable bonds is 10. The molecule has 0 spiro atoms. The van der Waals surface area contributed by atoms with Crippen molar-refractivity contribution in [3.63, 3.8) is 0 Å². The van der Waals surface area contributed by atoms with Crippen LogP contribution in [0.25, 0.3) is 0 Å². The quantitative estimate of drug-likeness (QED) is 0.608. The van der Waals surface area contributed by atoms with Crippen molar-refractivity contribution in [1.82, 2.24) is 9.80 Å². The molecule has 30 heavy (non-hydrogen) atoms. The number of hydrogen-bond donors (Lipinski definition) is 1. The third-order valence-corrected chi connectivity index (χ3v) is 5.97. The summed E-state index contributed by atoms with van der Waals surface area (Å²) in [5.41, 5.74) is 1.09. The molecule has 0 aromatic heterocycles. The molecule has 2 aromatic carbocycles. The highest BCUT2D eigenvalue weighted by molar-refractivity contribution is 5.88. The minimum atomic E-state index is -0.719. The number of likely N-dealkylation sites (N-methyl/N-ethyl adjacent to an activating group) is 1. The minimum absolute atomic E-state index is 0.0811. The lowest BCUT2D eigenvalue weighted by atomic mass is 9.71. The monoisotopic (exact) mass is 410 g/mol. The maximum atomic E-state index is 13.7. The standard InChI is InChI=1S/C26H38N2O2/c1-20(2)28(21(3)4)18-12-17-26(25(30)27(5)6,23-14-8-7-9-15-23)19-22-13-10-11-16-24(22)29/h7-11,13-16,20-21,29H,12,17-19H2,1-6H3. The van der Waals surface area contributed by atoms with E-state index in [-0.39, 0.29) is 11.7 Å². The fraction of sp³-hybridized carbons (Fsp3) is 0.500. The van der Waals surface area contributed by atoms with E-state index >= 15 is 0 Å². The van der Waals surface area contributed by atoms with E-state index in [1.807, 2.05) is 62.6 Å². The first-order valence-corrected chi connectivity index (χ1v) is 11.0. The Bertz CT molecular complexity index is 794. The van der Waals surface area contributed by atoms with E-state index in [1.165, 1.54) is 0 Å². The van der Waals surface area contributed by atoms with Gasteiger partial charge in [-0.15, -0.1) is 0 Å². The number of para-hydroxylation sites is 1. The van der Waals surface area contributed by atoms with E-state index in [4.69, 9.17) is 0 Å². The van der Waals surface area contributed by atoms with Crippen LogP contribution in [0.3, 0.4) is 0 Å². The summed E-state index contributed by atoms with van der Waals surface area (Å²) < 4.78 is 0. The summed E-state index contributed by atoms with van der Waals surface area (Å²) in [7, 11) is 3.64. The molecule has 1 atom stereocenters. The van der Waals surface area contributed by atoms with Gasteiger partial charge in [-0.05, 0) is 70.7 Å². The number of amides is 1. The van der Waals surface area contributed by atoms with Crippen LogP contribution in [-0.2, 0) is 16.6 Å². The maximum Gasteiger partial charge on any atom is 0.233 e. The second-order valence-electron chi connectivity index (χ2n) is 8.98. The largest absolute Gasteiger partial charge is 0.508 e. The average Bonchev–Trinajstić information content (AvgIpc) is 2.71. The van der Waals surface area contributed by atoms with Gasteiger partial charge in [-0.3, -0.25) is 9.69 Å². The van der Waals surface area contributed by atoms with Gasteiger partial charge in [-0.25, -0.2) is 0 Å². The summed E-state index contributed by atoms with van der Waals surface area (Å²) in [4.78, 5) is 17.8. The molecule has 1 unspecified atom stereocenters. The van der Waals surface area contributed by atoms with E-state index in [1.54, 1.807) is 11.0 Å². The van der Waals surface area contributed by atoms with Crippen LogP contribution < -0.4 is 0 Å². The SMILES string of the molecule is CC(C)N(CCCC(Cc1ccccc1O)(C(=O)N(C)C)c1ccccc1)C(C)C. The van der Waals surface area contributed by atoms with Crippen molar-refractivity contribution in [1.29, 1.82) is 0 Å². The van der Waals surface area contributed by atoms with Gasteiger partial charge in [-0.2, -0.15) is 0 Å². The second kappa shape index (κ2) is 10.6. The van der Waals surface area contributed by atoms with Crippen LogP contribution in [0.4, 0.5) is 0 Å². The highest BCUT2D eigenvalue weighted by atomic mass is 16.3. The van der Waals surface area contributed by atoms with Crippen LogP contribution in [0, 0.1) is 0 Å². The Kier molecular flexibility index (Phi) is 8.48. The number of aromatic hydroxyl groups is 1. The molecule has 1 amide bonds. The molecule has 0 aliphatic heterocycles. The molecule has 164 valence electrons. The molecule has 1 N–H and O–H groups in total. The Morgan fingerprint density at radius 2 is 1.50 bits per heavy atom. The van der Waals surface area contributed by atoms with E-state index < -0.39 is 5.41 Å². The van der Waals surface area contributed by atoms with Gasteiger partial charge in [0.15, 0.2) is 0 Å². The van der Waals surface area contributed by atoms with Gasteiger partial charge in [-0.1, -0.05) is 48.5 Å². The summed E-state index contributed by atoms with van der Waals surface area (Å²) in [6.45, 7) is 9.81. The molecule has 0 aliphatic carbocycles. The topological polar surface area (TPSA) is 43.8 Å². The van der Waals surface area contributed by atoms with Gasteiger partial charge in [0.2, 0.25) is 5.91 Å². The summed E-state index contributed by atoms with van der Waals surface area (Å²) >= 11 is 0. The third-order valence-electron chi connectivity index (χ3n) is 5.97. The van der Waals surface area contributed by atoms with Gasteiger partial charge in [0.1, 0.15) is 5.75 Å². The van der Waals surface area contributed by atoms with Gasteiger partial charge in [0.25, 0.3) is 0 Å². The number of carbonyl (C=O) groups excluding carboxylic acids is 1. The van der Waals surface area contributed by atoms with Crippen molar-refractivity contribution in [2.75, 3.05) is 20.6 Å². The molecule has 2 rings (SSSR count). The van der Waals surface area contributed by atoms with Gasteiger partial charge in [0, 0.05) is 26.2 Å². The molecule has 0 radical (unpaired) electrons. The normalized spacial score (nSPS) is 13.6. The Morgan fingerprint density at radius 3 is 2.03 bits per heavy atom. The minimum Gasteiger partial charge on any atom is -0.508 e. The second-order valence-corrected chi connectivity index (χ2v) is 8.98. The molecule has 0 heterocycles. The summed E-state index contributed by atoms with van der Waals surface area (Å²) in [6, 6.07) is 18.3. The molecule has 0 saturated carbocycles. The van der Waals surface area contributed by atoms with E-state index in [2.05, 4.69) is 32.6 Å². The molecular weight excluding hydrogens is 372 g/mol. The third kappa shape index (κ3) is 5.63. The molecule has 2 aromatic rings. The van der Waals surface area contributed by atoms with Crippen LogP contribution >= 0.6 is 0 Å². The zero-order valence-corrected chi connectivity index (χ0v) is 19.4. The predicted molar refractivity (Wildman–Crippen MR) is 125 cm³/mol. The molecule has 0 fully saturated rings. The molecule has 0 aliphatic rings. The maximum absolute atomic E-state index is 13.7. The Labute approximate surface area is 182 Å². The molecular formula is C26H38N2O2. The van der Waals surface area contributed by atoms with E-state index in [0.29, 0.717) is 18.5 Å². The van der Waals surface area contributed by atoms with Crippen LogP contribution in [0.5, 0.6) is 5.75 Å². The molecule has 4 nitrogen and oxygen atoms in total. The van der Waals surface area contributed by atoms with Crippen molar-refractivity contribution in [3.8, 4) is 5.75 Å². The Hall–Kier alpha value is -2.33. The van der Waals surface area contributed by atoms with Gasteiger partial charge >= 0.3 is 0 Å². The van der Waals surface area contributed by atoms with Crippen LogP contribution in [0.2, 0.25) is 0 Å². The van der Waals surface area contributed by atoms with Crippen molar-refractivity contribution < 1.29 is 9.90 Å². The van der Waals surface area contributed by atoms with Crippen molar-refractivity contribution in [2.45, 2.75) is 64.5 Å².